The molecular formula is C25H24F5N5O2S2. The number of oxime groups is 1. The summed E-state index contributed by atoms with van der Waals surface area (Å²) in [7, 11) is 0. The van der Waals surface area contributed by atoms with E-state index in [1.807, 2.05) is 11.6 Å². The molecular weight excluding hydrogens is 561 g/mol. The van der Waals surface area contributed by atoms with E-state index in [1.165, 1.54) is 36.5 Å². The van der Waals surface area contributed by atoms with Crippen molar-refractivity contribution in [2.24, 2.45) is 5.16 Å². The Kier molecular flexibility index (Phi) is 7.68. The number of thiazole rings is 1. The summed E-state index contributed by atoms with van der Waals surface area (Å²) in [5.74, 6) is -1.63. The molecule has 14 heteroatoms. The molecule has 2 aliphatic heterocycles. The van der Waals surface area contributed by atoms with Crippen LogP contribution in [0.15, 0.2) is 34.8 Å². The van der Waals surface area contributed by atoms with Crippen LogP contribution >= 0.6 is 23.1 Å². The molecule has 0 saturated carbocycles. The molecule has 0 N–H and O–H groups in total. The Labute approximate surface area is 229 Å². The molecule has 0 spiro atoms. The van der Waals surface area contributed by atoms with E-state index in [9.17, 15) is 26.7 Å². The monoisotopic (exact) mass is 585 g/mol. The molecule has 5 rings (SSSR count). The lowest BCUT2D eigenvalue weighted by Gasteiger charge is -2.37. The van der Waals surface area contributed by atoms with Crippen LogP contribution in [0.3, 0.4) is 0 Å². The van der Waals surface area contributed by atoms with Gasteiger partial charge in [0.05, 0.1) is 16.3 Å². The van der Waals surface area contributed by atoms with Gasteiger partial charge in [-0.05, 0) is 37.8 Å². The smallest absolute Gasteiger partial charge is 0.387 e. The van der Waals surface area contributed by atoms with Gasteiger partial charge in [0.1, 0.15) is 23.9 Å². The van der Waals surface area contributed by atoms with Gasteiger partial charge >= 0.3 is 6.18 Å². The molecule has 0 bridgehead atoms. The number of nitrogens with zero attached hydrogens (tertiary/aromatic N) is 5. The highest BCUT2D eigenvalue weighted by molar-refractivity contribution is 7.99. The van der Waals surface area contributed by atoms with Gasteiger partial charge in [-0.25, -0.2) is 13.8 Å². The van der Waals surface area contributed by atoms with E-state index in [2.05, 4.69) is 10.3 Å². The van der Waals surface area contributed by atoms with Crippen LogP contribution in [-0.4, -0.2) is 55.9 Å². The first-order chi connectivity index (χ1) is 18.5. The van der Waals surface area contributed by atoms with Crippen LogP contribution < -0.4 is 0 Å². The van der Waals surface area contributed by atoms with Gasteiger partial charge in [0.15, 0.2) is 11.8 Å². The van der Waals surface area contributed by atoms with E-state index in [4.69, 9.17) is 9.82 Å². The van der Waals surface area contributed by atoms with Crippen molar-refractivity contribution in [1.82, 2.24) is 19.7 Å². The number of hydrogen-bond acceptors (Lipinski definition) is 7. The molecule has 3 atom stereocenters. The molecule has 39 heavy (non-hydrogen) atoms. The lowest BCUT2D eigenvalue weighted by molar-refractivity contribution is -0.142. The molecule has 208 valence electrons. The summed E-state index contributed by atoms with van der Waals surface area (Å²) >= 11 is 3.04. The van der Waals surface area contributed by atoms with E-state index in [1.54, 1.807) is 16.7 Å². The molecule has 1 fully saturated rings. The van der Waals surface area contributed by atoms with Crippen LogP contribution in [-0.2, 0) is 22.4 Å². The second kappa shape index (κ2) is 10.9. The number of hydrogen-bond donors (Lipinski definition) is 0. The van der Waals surface area contributed by atoms with Crippen LogP contribution in [0.2, 0.25) is 0 Å². The molecule has 3 aromatic rings. The van der Waals surface area contributed by atoms with E-state index in [-0.39, 0.29) is 41.3 Å². The Morgan fingerprint density at radius 3 is 2.67 bits per heavy atom. The fourth-order valence-corrected chi connectivity index (χ4v) is 6.83. The van der Waals surface area contributed by atoms with Crippen molar-refractivity contribution in [3.8, 4) is 0 Å². The molecule has 7 nitrogen and oxygen atoms in total. The Hall–Kier alpha value is -3.00. The number of thioether (sulfide) groups is 1. The third-order valence-corrected chi connectivity index (χ3v) is 8.96. The normalized spacial score (nSPS) is 21.7. The Balaban J connectivity index is 1.23. The lowest BCUT2D eigenvalue weighted by atomic mass is 9.96. The maximum atomic E-state index is 14.2. The van der Waals surface area contributed by atoms with Crippen LogP contribution in [0.25, 0.3) is 0 Å². The van der Waals surface area contributed by atoms with Gasteiger partial charge in [0.25, 0.3) is 0 Å². The number of benzene rings is 1. The fraction of sp³-hybridized carbons (Fsp3) is 0.440. The number of amides is 1. The minimum Gasteiger partial charge on any atom is -0.387 e. The van der Waals surface area contributed by atoms with Crippen molar-refractivity contribution in [2.45, 2.75) is 49.8 Å². The van der Waals surface area contributed by atoms with E-state index < -0.39 is 29.6 Å². The highest BCUT2D eigenvalue weighted by atomic mass is 32.2. The summed E-state index contributed by atoms with van der Waals surface area (Å²) in [6.07, 6.45) is -2.69. The maximum Gasteiger partial charge on any atom is 0.435 e. The number of aromatic nitrogens is 3. The van der Waals surface area contributed by atoms with Crippen molar-refractivity contribution in [2.75, 3.05) is 19.3 Å². The Bertz CT molecular complexity index is 1390. The molecule has 2 aromatic heterocycles. The summed E-state index contributed by atoms with van der Waals surface area (Å²) in [5.41, 5.74) is 0.177. The van der Waals surface area contributed by atoms with Gasteiger partial charge in [-0.1, -0.05) is 11.2 Å². The molecule has 1 saturated heterocycles. The molecule has 3 unspecified atom stereocenters. The summed E-state index contributed by atoms with van der Waals surface area (Å²) in [6, 6.07) is 4.58. The molecule has 2 aliphatic rings. The van der Waals surface area contributed by atoms with Gasteiger partial charge in [0.2, 0.25) is 5.91 Å². The van der Waals surface area contributed by atoms with Gasteiger partial charge in [0, 0.05) is 41.8 Å². The van der Waals surface area contributed by atoms with Crippen molar-refractivity contribution < 1.29 is 31.6 Å². The molecule has 1 aromatic carbocycles. The summed E-state index contributed by atoms with van der Waals surface area (Å²) < 4.78 is 68.4. The van der Waals surface area contributed by atoms with Gasteiger partial charge in [-0.15, -0.1) is 11.3 Å². The quantitative estimate of drug-likeness (QED) is 0.355. The highest BCUT2D eigenvalue weighted by Crippen LogP contribution is 2.38. The first-order valence-corrected chi connectivity index (χ1v) is 14.3. The number of carbonyl (C=O) groups is 1. The predicted molar refractivity (Wildman–Crippen MR) is 137 cm³/mol. The van der Waals surface area contributed by atoms with Crippen LogP contribution in [0.5, 0.6) is 0 Å². The number of rotatable bonds is 6. The number of likely N-dealkylation sites (tertiary alicyclic amines) is 1. The van der Waals surface area contributed by atoms with Crippen molar-refractivity contribution in [3.05, 3.63) is 68.9 Å². The number of aryl methyl sites for hydroxylation is 1. The number of alkyl halides is 3. The maximum absolute atomic E-state index is 14.2. The third kappa shape index (κ3) is 5.67. The zero-order valence-electron chi connectivity index (χ0n) is 20.9. The average molecular weight is 586 g/mol. The Morgan fingerprint density at radius 1 is 1.26 bits per heavy atom. The van der Waals surface area contributed by atoms with Crippen LogP contribution in [0.1, 0.15) is 52.5 Å². The van der Waals surface area contributed by atoms with Crippen molar-refractivity contribution >= 4 is 34.7 Å². The van der Waals surface area contributed by atoms with E-state index in [0.29, 0.717) is 30.9 Å². The minimum atomic E-state index is -4.57. The van der Waals surface area contributed by atoms with Crippen LogP contribution in [0, 0.1) is 18.6 Å². The number of halogens is 5. The first-order valence-electron chi connectivity index (χ1n) is 12.1. The predicted octanol–water partition coefficient (Wildman–Crippen LogP) is 5.56. The molecule has 1 amide bonds. The zero-order valence-corrected chi connectivity index (χ0v) is 22.5. The second-order valence-corrected chi connectivity index (χ2v) is 11.3. The second-order valence-electron chi connectivity index (χ2n) is 9.38. The Morgan fingerprint density at radius 2 is 2.00 bits per heavy atom. The summed E-state index contributed by atoms with van der Waals surface area (Å²) in [4.78, 5) is 24.7. The number of carbonyl (C=O) groups excluding carboxylic acids is 1. The third-order valence-electron chi connectivity index (χ3n) is 6.90. The highest BCUT2D eigenvalue weighted by Gasteiger charge is 2.37. The van der Waals surface area contributed by atoms with E-state index >= 15 is 0 Å². The average Bonchev–Trinajstić information content (AvgIpc) is 3.64. The number of piperidine rings is 1. The van der Waals surface area contributed by atoms with Gasteiger partial charge in [-0.3, -0.25) is 9.48 Å². The van der Waals surface area contributed by atoms with Gasteiger partial charge < -0.3 is 9.74 Å². The molecule has 4 heterocycles. The van der Waals surface area contributed by atoms with E-state index in [0.717, 1.165) is 15.8 Å². The van der Waals surface area contributed by atoms with Gasteiger partial charge in [-0.2, -0.15) is 30.0 Å². The SMILES string of the molecule is CSC1CN(C(=O)Cn2nc(C(F)(F)F)cc2C)CCC1c1nc(C2=NOC(c3c(F)cccc3F)C2)cs1. The fourth-order valence-electron chi connectivity index (χ4n) is 4.79. The largest absolute Gasteiger partial charge is 0.435 e. The zero-order chi connectivity index (χ0) is 27.9. The molecule has 0 radical (unpaired) electrons. The molecule has 0 aliphatic carbocycles. The van der Waals surface area contributed by atoms with Crippen molar-refractivity contribution in [3.63, 3.8) is 0 Å². The minimum absolute atomic E-state index is 0.0215. The topological polar surface area (TPSA) is 72.6 Å². The summed E-state index contributed by atoms with van der Waals surface area (Å²) in [6.45, 7) is 2.07. The first kappa shape index (κ1) is 27.6. The van der Waals surface area contributed by atoms with Crippen LogP contribution in [0.4, 0.5) is 22.0 Å². The lowest BCUT2D eigenvalue weighted by Crippen LogP contribution is -2.45. The van der Waals surface area contributed by atoms with Crippen molar-refractivity contribution in [1.29, 1.82) is 0 Å². The summed E-state index contributed by atoms with van der Waals surface area (Å²) in [5, 5.41) is 10.3. The standard InChI is InChI=1S/C25H24F5N5O2S2/c1-13-8-21(25(28,29)30)32-35(13)11-22(36)34-7-6-14(20(10-34)38-2)24-31-18(12-39-24)17-9-19(37-33-17)23-15(26)4-3-5-16(23)27/h3-5,8,12,14,19-20H,6-7,9-11H2,1-2H3.